The highest BCUT2D eigenvalue weighted by molar-refractivity contribution is 7.99. The smallest absolute Gasteiger partial charge is 0.327 e. The molecule has 2 heterocycles. The number of hydrogen-bond acceptors (Lipinski definition) is 7. The van der Waals surface area contributed by atoms with Crippen LogP contribution in [0.3, 0.4) is 0 Å². The summed E-state index contributed by atoms with van der Waals surface area (Å²) in [6.07, 6.45) is 1.33. The molecule has 2 N–H and O–H groups in total. The second-order valence-corrected chi connectivity index (χ2v) is 8.31. The third-order valence-corrected chi connectivity index (χ3v) is 6.17. The fourth-order valence-electron chi connectivity index (χ4n) is 3.31. The van der Waals surface area contributed by atoms with E-state index in [0.29, 0.717) is 39.2 Å². The van der Waals surface area contributed by atoms with Gasteiger partial charge in [-0.15, -0.1) is 0 Å². The van der Waals surface area contributed by atoms with Gasteiger partial charge in [0.2, 0.25) is 0 Å². The van der Waals surface area contributed by atoms with Crippen molar-refractivity contribution in [3.63, 3.8) is 0 Å². The Hall–Kier alpha value is -3.57. The molecule has 0 saturated carbocycles. The summed E-state index contributed by atoms with van der Waals surface area (Å²) in [5, 5.41) is 6.04. The molecule has 2 aromatic carbocycles. The first kappa shape index (κ1) is 27.0. The van der Waals surface area contributed by atoms with Gasteiger partial charge in [-0.05, 0) is 36.4 Å². The lowest BCUT2D eigenvalue weighted by atomic mass is 10.2. The Morgan fingerprint density at radius 3 is 2.61 bits per heavy atom. The maximum Gasteiger partial charge on any atom is 0.327 e. The lowest BCUT2D eigenvalue weighted by Gasteiger charge is -2.29. The summed E-state index contributed by atoms with van der Waals surface area (Å²) >= 11 is 7.18. The van der Waals surface area contributed by atoms with Crippen molar-refractivity contribution in [3.05, 3.63) is 64.7 Å². The van der Waals surface area contributed by atoms with Crippen LogP contribution in [0.2, 0.25) is 5.02 Å². The minimum absolute atomic E-state index is 0.112. The highest BCUT2D eigenvalue weighted by atomic mass is 35.5. The maximum atomic E-state index is 13.6. The highest BCUT2D eigenvalue weighted by Gasteiger charge is 2.29. The van der Waals surface area contributed by atoms with Crippen LogP contribution in [0.5, 0.6) is 11.5 Å². The molecule has 36 heavy (non-hydrogen) atoms. The Morgan fingerprint density at radius 1 is 1.17 bits per heavy atom. The Labute approximate surface area is 217 Å². The zero-order chi connectivity index (χ0) is 26.2. The molecule has 1 aromatic heterocycles. The zero-order valence-electron chi connectivity index (χ0n) is 20.1. The average Bonchev–Trinajstić information content (AvgIpc) is 2.91. The van der Waals surface area contributed by atoms with E-state index in [-0.39, 0.29) is 23.4 Å². The topological polar surface area (TPSA) is 106 Å². The molecular weight excluding hydrogens is 509 g/mol. The molecule has 0 aliphatic carbocycles. The van der Waals surface area contributed by atoms with E-state index in [0.717, 1.165) is 0 Å². The van der Waals surface area contributed by atoms with Crippen molar-refractivity contribution in [2.45, 2.75) is 25.4 Å². The van der Waals surface area contributed by atoms with Crippen molar-refractivity contribution in [2.75, 3.05) is 25.0 Å². The van der Waals surface area contributed by atoms with Gasteiger partial charge in [0.1, 0.15) is 17.2 Å². The molecule has 0 bridgehead atoms. The second kappa shape index (κ2) is 12.4. The quantitative estimate of drug-likeness (QED) is 0.246. The van der Waals surface area contributed by atoms with Gasteiger partial charge in [0.25, 0.3) is 5.91 Å². The summed E-state index contributed by atoms with van der Waals surface area (Å²) in [4.78, 5) is 35.0. The Kier molecular flexibility index (Phi) is 9.31. The monoisotopic (exact) mass is 533 g/mol. The van der Waals surface area contributed by atoms with Crippen molar-refractivity contribution >= 4 is 46.8 Å². The lowest BCUT2D eigenvalue weighted by Crippen LogP contribution is -2.42. The van der Waals surface area contributed by atoms with E-state index in [1.165, 1.54) is 55.4 Å². The molecule has 0 spiro atoms. The van der Waals surface area contributed by atoms with Crippen LogP contribution in [-0.4, -0.2) is 42.0 Å². The van der Waals surface area contributed by atoms with Gasteiger partial charge in [-0.2, -0.15) is 0 Å². The van der Waals surface area contributed by atoms with Crippen LogP contribution in [0.4, 0.5) is 20.7 Å². The number of ether oxygens (including phenoxy) is 2. The molecule has 3 amide bonds. The van der Waals surface area contributed by atoms with Crippen LogP contribution in [0, 0.1) is 5.82 Å². The molecule has 9 nitrogen and oxygen atoms in total. The average molecular weight is 534 g/mol. The van der Waals surface area contributed by atoms with E-state index in [4.69, 9.17) is 21.1 Å². The van der Waals surface area contributed by atoms with Gasteiger partial charge in [-0.3, -0.25) is 4.79 Å². The van der Waals surface area contributed by atoms with Crippen LogP contribution in [0.25, 0.3) is 0 Å². The third kappa shape index (κ3) is 5.80. The number of carbonyl (C=O) groups excluding carboxylic acids is 2. The lowest BCUT2D eigenvalue weighted by molar-refractivity contribution is 0.0960. The zero-order valence-corrected chi connectivity index (χ0v) is 21.7. The third-order valence-electron chi connectivity index (χ3n) is 4.96. The predicted octanol–water partition coefficient (Wildman–Crippen LogP) is 5.15. The Bertz CT molecular complexity index is 1260. The van der Waals surface area contributed by atoms with Crippen LogP contribution >= 0.6 is 23.4 Å². The number of nitrogens with zero attached hydrogens (tertiary/aromatic N) is 3. The number of carbonyl (C=O) groups is 2. The van der Waals surface area contributed by atoms with Crippen LogP contribution in [0.1, 0.15) is 29.8 Å². The van der Waals surface area contributed by atoms with Gasteiger partial charge >= 0.3 is 6.03 Å². The van der Waals surface area contributed by atoms with Gasteiger partial charge in [0.05, 0.1) is 37.4 Å². The highest BCUT2D eigenvalue weighted by Crippen LogP contribution is 2.35. The number of urea groups is 1. The summed E-state index contributed by atoms with van der Waals surface area (Å²) in [6.45, 7) is 4.20. The normalized spacial score (nSPS) is 12.1. The summed E-state index contributed by atoms with van der Waals surface area (Å²) in [5.41, 5.74) is 1.43. The standard InChI is InChI=1S/C22H19ClFN5O4S.C2H6/c1-32-17-6-3-12(7-18(17)33-2)20(30)28-11-34-21-14-9-25-22(31)29(19(14)26-10-27-21)13-4-5-16(24)15(23)8-13;1-2/h3-8,10H,9,11H2,1-2H3,(H,25,31)(H,28,30);1-2H3. The molecule has 3 aromatic rings. The Balaban J connectivity index is 0.00000176. The van der Waals surface area contributed by atoms with Gasteiger partial charge in [-0.1, -0.05) is 37.2 Å². The number of fused-ring (bicyclic) bond motifs is 1. The summed E-state index contributed by atoms with van der Waals surface area (Å²) in [7, 11) is 3.01. The minimum atomic E-state index is -0.591. The SMILES string of the molecule is CC.COc1ccc(C(=O)NCSc2ncnc3c2CNC(=O)N3c2ccc(F)c(Cl)c2)cc1OC. The van der Waals surface area contributed by atoms with E-state index in [1.54, 1.807) is 18.2 Å². The second-order valence-electron chi connectivity index (χ2n) is 6.94. The number of rotatable bonds is 7. The van der Waals surface area contributed by atoms with Gasteiger partial charge in [0.15, 0.2) is 17.3 Å². The molecule has 0 unspecified atom stereocenters. The van der Waals surface area contributed by atoms with E-state index in [1.807, 2.05) is 13.8 Å². The number of hydrogen-bond donors (Lipinski definition) is 2. The molecule has 0 fully saturated rings. The number of benzene rings is 2. The van der Waals surface area contributed by atoms with E-state index >= 15 is 0 Å². The number of amides is 3. The molecule has 1 aliphatic rings. The summed E-state index contributed by atoms with van der Waals surface area (Å²) in [6, 6.07) is 8.42. The van der Waals surface area contributed by atoms with Crippen molar-refractivity contribution < 1.29 is 23.5 Å². The molecule has 190 valence electrons. The van der Waals surface area contributed by atoms with E-state index in [9.17, 15) is 14.0 Å². The van der Waals surface area contributed by atoms with Crippen LogP contribution < -0.4 is 25.0 Å². The molecular formula is C24H25ClFN5O4S. The molecule has 0 atom stereocenters. The summed E-state index contributed by atoms with van der Waals surface area (Å²) < 4.78 is 24.0. The van der Waals surface area contributed by atoms with Gasteiger partial charge in [-0.25, -0.2) is 24.1 Å². The van der Waals surface area contributed by atoms with E-state index in [2.05, 4.69) is 20.6 Å². The minimum Gasteiger partial charge on any atom is -0.493 e. The number of thioether (sulfide) groups is 1. The van der Waals surface area contributed by atoms with Crippen molar-refractivity contribution in [2.24, 2.45) is 0 Å². The first-order valence-electron chi connectivity index (χ1n) is 10.9. The van der Waals surface area contributed by atoms with Crippen molar-refractivity contribution in [3.8, 4) is 11.5 Å². The molecule has 0 radical (unpaired) electrons. The molecule has 12 heteroatoms. The van der Waals surface area contributed by atoms with Crippen LogP contribution in [0.15, 0.2) is 47.8 Å². The number of halogens is 2. The van der Waals surface area contributed by atoms with Gasteiger partial charge in [0, 0.05) is 11.1 Å². The summed E-state index contributed by atoms with van der Waals surface area (Å²) in [5.74, 6) is 0.654. The van der Waals surface area contributed by atoms with Crippen LogP contribution in [-0.2, 0) is 6.54 Å². The molecule has 0 saturated heterocycles. The van der Waals surface area contributed by atoms with Crippen molar-refractivity contribution in [1.82, 2.24) is 20.6 Å². The fraction of sp³-hybridized carbons (Fsp3) is 0.250. The first-order valence-corrected chi connectivity index (χ1v) is 12.3. The fourth-order valence-corrected chi connectivity index (χ4v) is 4.29. The Morgan fingerprint density at radius 2 is 1.92 bits per heavy atom. The number of nitrogens with one attached hydrogen (secondary N) is 2. The number of anilines is 2. The molecule has 4 rings (SSSR count). The number of methoxy groups -OCH3 is 2. The van der Waals surface area contributed by atoms with Crippen molar-refractivity contribution in [1.29, 1.82) is 0 Å². The predicted molar refractivity (Wildman–Crippen MR) is 137 cm³/mol. The maximum absolute atomic E-state index is 13.6. The molecule has 1 aliphatic heterocycles. The van der Waals surface area contributed by atoms with E-state index < -0.39 is 11.8 Å². The number of aromatic nitrogens is 2. The van der Waals surface area contributed by atoms with Gasteiger partial charge < -0.3 is 20.1 Å². The largest absolute Gasteiger partial charge is 0.493 e. The first-order chi connectivity index (χ1) is 17.4.